The predicted molar refractivity (Wildman–Crippen MR) is 314 cm³/mol. The molecule has 18 nitrogen and oxygen atoms in total. The van der Waals surface area contributed by atoms with Crippen molar-refractivity contribution in [1.29, 1.82) is 0 Å². The fourth-order valence-corrected chi connectivity index (χ4v) is 12.5. The van der Waals surface area contributed by atoms with Gasteiger partial charge in [-0.2, -0.15) is 0 Å². The number of rotatable bonds is 7. The number of hydrogen-bond donors (Lipinski definition) is 2. The average Bonchev–Trinajstić information content (AvgIpc) is 1.31. The van der Waals surface area contributed by atoms with E-state index < -0.39 is 108 Å². The maximum Gasteiger partial charge on any atom is 0.408 e. The van der Waals surface area contributed by atoms with Gasteiger partial charge >= 0.3 is 12.2 Å². The number of amides is 4. The summed E-state index contributed by atoms with van der Waals surface area (Å²) in [7, 11) is 0. The number of aromatic nitrogens is 2. The number of hydrogen-bond acceptors (Lipinski definition) is 14. The SMILES string of the molecule is CCOc1ccc2cc3c(nc2c1)O[C@H]1CN(C(=O)[C@H](C(C)(C)C)NC(=O)O[C@@H]2C[C@H]2CCCCC3(F)F)[C@H]([C-]=O)[C@@H]1C.CCOc1ccc2cc3c(nc2c1)O[C@H]1CN(C(=O)[C@H](C(C)(C)C)NC(=O)O[C@@H]2C[C@H]2CCCCC3(F)F)[C@H]([C-]=O)[C@@H]1CC.[V].[V]. The third-order valence-electron chi connectivity index (χ3n) is 17.7. The number of fused-ring (bicyclic) bond motifs is 10. The summed E-state index contributed by atoms with van der Waals surface area (Å²) in [4.78, 5) is 89.8. The Balaban J connectivity index is 0.000000248. The van der Waals surface area contributed by atoms with Crippen molar-refractivity contribution >= 4 is 58.4 Å². The van der Waals surface area contributed by atoms with Crippen LogP contribution in [-0.4, -0.2) is 131 Å². The summed E-state index contributed by atoms with van der Waals surface area (Å²) in [5.74, 6) is -7.77. The first-order valence-electron chi connectivity index (χ1n) is 30.7. The molecule has 4 aliphatic heterocycles. The summed E-state index contributed by atoms with van der Waals surface area (Å²) in [5.41, 5.74) is -1.24. The van der Waals surface area contributed by atoms with Gasteiger partial charge in [-0.05, 0) is 123 Å². The molecule has 6 heterocycles. The molecule has 6 aliphatic rings. The summed E-state index contributed by atoms with van der Waals surface area (Å²) in [5, 5.41) is 6.51. The molecule has 4 amide bonds. The number of nitrogens with zero attached hydrogens (tertiary/aromatic N) is 4. The van der Waals surface area contributed by atoms with Crippen LogP contribution in [0, 0.1) is 34.5 Å². The zero-order valence-corrected chi connectivity index (χ0v) is 55.0. The van der Waals surface area contributed by atoms with Crippen LogP contribution in [0.2, 0.25) is 0 Å². The van der Waals surface area contributed by atoms with Crippen molar-refractivity contribution in [2.75, 3.05) is 26.3 Å². The first kappa shape index (κ1) is 70.6. The number of carbonyl (C=O) groups is 4. The Kier molecular flexibility index (Phi) is 22.8. The fourth-order valence-electron chi connectivity index (χ4n) is 12.5. The van der Waals surface area contributed by atoms with Crippen LogP contribution in [0.5, 0.6) is 23.3 Å². The van der Waals surface area contributed by atoms with Gasteiger partial charge in [-0.25, -0.2) is 49.7 Å². The van der Waals surface area contributed by atoms with Gasteiger partial charge in [0, 0.05) is 72.9 Å². The maximum atomic E-state index is 16.0. The Bertz CT molecular complexity index is 3200. The molecule has 2 saturated heterocycles. The predicted octanol–water partition coefficient (Wildman–Crippen LogP) is 11.5. The van der Waals surface area contributed by atoms with Crippen LogP contribution >= 0.6 is 0 Å². The quantitative estimate of drug-likeness (QED) is 0.130. The number of alkyl halides is 4. The fraction of sp³-hybridized carbons (Fsp3) is 0.631. The number of alkyl carbamates (subject to hydrolysis) is 2. The van der Waals surface area contributed by atoms with E-state index in [1.54, 1.807) is 64.1 Å². The molecule has 2 aromatic heterocycles. The summed E-state index contributed by atoms with van der Waals surface area (Å²) in [6.45, 7) is 18.8. The molecule has 2 aromatic carbocycles. The summed E-state index contributed by atoms with van der Waals surface area (Å²) in [6, 6.07) is 8.99. The minimum atomic E-state index is -3.25. The van der Waals surface area contributed by atoms with Crippen molar-refractivity contribution in [3.63, 3.8) is 0 Å². The molecule has 2 radical (unpaired) electrons. The minimum absolute atomic E-state index is 0. The van der Waals surface area contributed by atoms with E-state index in [9.17, 15) is 28.8 Å². The molecule has 484 valence electrons. The zero-order valence-electron chi connectivity index (χ0n) is 52.2. The van der Waals surface area contributed by atoms with E-state index in [0.717, 1.165) is 0 Å². The molecule has 4 fully saturated rings. The van der Waals surface area contributed by atoms with Gasteiger partial charge in [-0.15, -0.1) is 0 Å². The number of ether oxygens (including phenoxy) is 6. The summed E-state index contributed by atoms with van der Waals surface area (Å²) < 4.78 is 98.6. The molecular formula is C65H82F4N6O12V2-2. The normalized spacial score (nSPS) is 28.8. The van der Waals surface area contributed by atoms with Crippen LogP contribution < -0.4 is 29.6 Å². The van der Waals surface area contributed by atoms with E-state index in [-0.39, 0.29) is 110 Å². The van der Waals surface area contributed by atoms with Crippen molar-refractivity contribution in [2.45, 2.75) is 200 Å². The van der Waals surface area contributed by atoms with Gasteiger partial charge in [0.05, 0.1) is 48.5 Å². The molecule has 10 rings (SSSR count). The second kappa shape index (κ2) is 28.8. The first-order valence-corrected chi connectivity index (χ1v) is 30.7. The summed E-state index contributed by atoms with van der Waals surface area (Å²) >= 11 is 0. The van der Waals surface area contributed by atoms with Gasteiger partial charge in [0.25, 0.3) is 11.8 Å². The van der Waals surface area contributed by atoms with Crippen molar-refractivity contribution in [1.82, 2.24) is 30.4 Å². The largest absolute Gasteiger partial charge is 0.540 e. The third-order valence-corrected chi connectivity index (χ3v) is 17.7. The Hall–Kier alpha value is -5.83. The molecule has 89 heavy (non-hydrogen) atoms. The third kappa shape index (κ3) is 16.3. The topological polar surface area (TPSA) is 214 Å². The molecule has 2 saturated carbocycles. The van der Waals surface area contributed by atoms with Crippen LogP contribution in [0.3, 0.4) is 0 Å². The molecule has 24 heteroatoms. The standard InChI is InChI=1S/C33H42F2N3O6.C32H40F2N3O6.2V/c1-6-22-25(18-39)38-17-27(22)43-29-23(14-19-11-12-21(42-7-2)16-24(19)36-29)33(34,35)13-9-8-10-20-15-26(20)44-31(41)37-28(30(38)40)32(3,4)5;1-6-41-21-11-10-19-13-22-28(35-23(19)15-21)42-26-16-37(24(17-38)18(26)2)29(39)27(31(3,4)5)36-30(40)43-25-14-20(25)9-7-8-12-32(22,33)34;;/h11-12,14,16,20,22,25-28H,6-10,13,15,17H2,1-5H3,(H,37,41);10-11,13,15,18,20,24-27H,6-9,12,14,16H2,1-5H3,(H,36,40);;/q2*-1;;/t20-,22+,25-,26-,27+,28-;18-,20+,24+,25+,26-,27+;;/m10../s1. The van der Waals surface area contributed by atoms with Gasteiger partial charge in [-0.3, -0.25) is 9.59 Å². The second-order valence-corrected chi connectivity index (χ2v) is 26.3. The van der Waals surface area contributed by atoms with E-state index >= 15 is 17.6 Å². The van der Waals surface area contributed by atoms with Crippen LogP contribution in [0.25, 0.3) is 21.8 Å². The van der Waals surface area contributed by atoms with Crippen molar-refractivity contribution in [2.24, 2.45) is 34.5 Å². The second-order valence-electron chi connectivity index (χ2n) is 26.3. The number of nitrogens with one attached hydrogen (secondary N) is 2. The van der Waals surface area contributed by atoms with Gasteiger partial charge in [0.15, 0.2) is 0 Å². The monoisotopic (exact) mass is 1320 g/mol. The van der Waals surface area contributed by atoms with E-state index in [4.69, 9.17) is 28.4 Å². The van der Waals surface area contributed by atoms with Crippen molar-refractivity contribution in [3.05, 3.63) is 59.7 Å². The van der Waals surface area contributed by atoms with Gasteiger partial charge in [0.2, 0.25) is 23.6 Å². The average molecular weight is 1320 g/mol. The molecule has 0 unspecified atom stereocenters. The number of halogens is 4. The van der Waals surface area contributed by atoms with Gasteiger partial charge < -0.3 is 58.4 Å². The Morgan fingerprint density at radius 3 is 1.42 bits per heavy atom. The van der Waals surface area contributed by atoms with Crippen LogP contribution in [0.4, 0.5) is 27.2 Å². The number of benzene rings is 2. The first-order chi connectivity index (χ1) is 41.2. The molecule has 0 spiro atoms. The van der Waals surface area contributed by atoms with Crippen molar-refractivity contribution < 1.29 is 112 Å². The Labute approximate surface area is 541 Å². The van der Waals surface area contributed by atoms with E-state index in [1.165, 1.54) is 21.9 Å². The number of carbonyl (C=O) groups excluding carboxylic acids is 6. The van der Waals surface area contributed by atoms with Crippen LogP contribution in [0.15, 0.2) is 48.5 Å². The smallest absolute Gasteiger partial charge is 0.408 e. The van der Waals surface area contributed by atoms with E-state index in [0.29, 0.717) is 91.5 Å². The molecule has 4 bridgehead atoms. The summed E-state index contributed by atoms with van der Waals surface area (Å²) in [6.07, 6.45) is 4.08. The Morgan fingerprint density at radius 2 is 1.01 bits per heavy atom. The minimum Gasteiger partial charge on any atom is -0.540 e. The molecule has 2 N–H and O–H groups in total. The maximum absolute atomic E-state index is 16.0. The van der Waals surface area contributed by atoms with E-state index in [2.05, 4.69) is 20.6 Å². The Morgan fingerprint density at radius 1 is 0.596 bits per heavy atom. The van der Waals surface area contributed by atoms with E-state index in [1.807, 2.05) is 54.1 Å². The molecular weight excluding hydrogens is 1230 g/mol. The molecule has 4 aromatic rings. The molecule has 12 atom stereocenters. The van der Waals surface area contributed by atoms with Crippen LogP contribution in [0.1, 0.15) is 151 Å². The van der Waals surface area contributed by atoms with Crippen LogP contribution in [-0.2, 0) is 77.6 Å². The zero-order chi connectivity index (χ0) is 62.9. The van der Waals surface area contributed by atoms with Crippen molar-refractivity contribution in [3.8, 4) is 23.3 Å². The molecule has 2 aliphatic carbocycles. The van der Waals surface area contributed by atoms with Gasteiger partial charge in [0.1, 0.15) is 48.0 Å². The number of pyridine rings is 2. The van der Waals surface area contributed by atoms with Gasteiger partial charge in [-0.1, -0.05) is 86.7 Å².